The van der Waals surface area contributed by atoms with Gasteiger partial charge in [0.25, 0.3) is 11.1 Å². The molecule has 0 spiro atoms. The second kappa shape index (κ2) is 4.76. The molecule has 1 aromatic carbocycles. The van der Waals surface area contributed by atoms with Gasteiger partial charge in [0.1, 0.15) is 5.75 Å². The molecule has 2 rings (SSSR count). The largest absolute Gasteiger partial charge is 0.431 e. The van der Waals surface area contributed by atoms with Crippen LogP contribution in [-0.2, 0) is 0 Å². The van der Waals surface area contributed by atoms with Crippen LogP contribution < -0.4 is 10.1 Å². The maximum absolute atomic E-state index is 11.4. The molecule has 0 fully saturated rings. The first-order valence-corrected chi connectivity index (χ1v) is 5.57. The van der Waals surface area contributed by atoms with Crippen molar-refractivity contribution in [3.05, 3.63) is 41.4 Å². The normalized spacial score (nSPS) is 9.81. The molecule has 4 nitrogen and oxygen atoms in total. The number of nitrogens with zero attached hydrogens (tertiary/aromatic N) is 1. The molecule has 0 saturated heterocycles. The van der Waals surface area contributed by atoms with Gasteiger partial charge in [0.05, 0.1) is 0 Å². The van der Waals surface area contributed by atoms with Crippen molar-refractivity contribution in [1.29, 1.82) is 0 Å². The van der Waals surface area contributed by atoms with E-state index in [1.165, 1.54) is 11.3 Å². The molecule has 0 radical (unpaired) electrons. The topological polar surface area (TPSA) is 51.2 Å². The molecule has 0 saturated carbocycles. The third-order valence-electron chi connectivity index (χ3n) is 1.94. The predicted octanol–water partition coefficient (Wildman–Crippen LogP) is 2.29. The van der Waals surface area contributed by atoms with Gasteiger partial charge in [0, 0.05) is 24.2 Å². The quantitative estimate of drug-likeness (QED) is 0.886. The number of rotatable bonds is 3. The van der Waals surface area contributed by atoms with Gasteiger partial charge >= 0.3 is 0 Å². The summed E-state index contributed by atoms with van der Waals surface area (Å²) >= 11 is 1.40. The lowest BCUT2D eigenvalue weighted by Gasteiger charge is -2.03. The molecule has 82 valence electrons. The summed E-state index contributed by atoms with van der Waals surface area (Å²) in [5.74, 6) is 0.473. The van der Waals surface area contributed by atoms with Crippen molar-refractivity contribution in [3.8, 4) is 10.9 Å². The Morgan fingerprint density at radius 2 is 2.38 bits per heavy atom. The van der Waals surface area contributed by atoms with Gasteiger partial charge in [-0.1, -0.05) is 17.4 Å². The Bertz CT molecular complexity index is 482. The van der Waals surface area contributed by atoms with Crippen LogP contribution in [0.4, 0.5) is 0 Å². The summed E-state index contributed by atoms with van der Waals surface area (Å²) in [6.07, 6.45) is 1.67. The van der Waals surface area contributed by atoms with E-state index in [1.807, 2.05) is 5.38 Å². The number of ether oxygens (including phenoxy) is 1. The summed E-state index contributed by atoms with van der Waals surface area (Å²) < 4.78 is 5.48. The second-order valence-electron chi connectivity index (χ2n) is 3.01. The summed E-state index contributed by atoms with van der Waals surface area (Å²) in [5.41, 5.74) is 0.566. The molecule has 1 amide bonds. The highest BCUT2D eigenvalue weighted by molar-refractivity contribution is 7.11. The smallest absolute Gasteiger partial charge is 0.278 e. The van der Waals surface area contributed by atoms with E-state index in [9.17, 15) is 4.79 Å². The highest BCUT2D eigenvalue weighted by Crippen LogP contribution is 2.23. The molecule has 5 heteroatoms. The van der Waals surface area contributed by atoms with Crippen LogP contribution in [0.5, 0.6) is 10.9 Å². The van der Waals surface area contributed by atoms with Crippen molar-refractivity contribution in [2.24, 2.45) is 0 Å². The Morgan fingerprint density at radius 1 is 1.50 bits per heavy atom. The summed E-state index contributed by atoms with van der Waals surface area (Å²) in [6.45, 7) is 0. The number of carbonyl (C=O) groups is 1. The van der Waals surface area contributed by atoms with Gasteiger partial charge in [-0.2, -0.15) is 0 Å². The van der Waals surface area contributed by atoms with Gasteiger partial charge in [-0.25, -0.2) is 4.98 Å². The number of nitrogens with one attached hydrogen (secondary N) is 1. The molecule has 0 unspecified atom stereocenters. The minimum absolute atomic E-state index is 0.135. The van der Waals surface area contributed by atoms with Crippen LogP contribution in [0.1, 0.15) is 10.4 Å². The SMILES string of the molecule is CNC(=O)c1cccc(Oc2nccs2)c1. The van der Waals surface area contributed by atoms with Crippen LogP contribution in [0.15, 0.2) is 35.8 Å². The first-order valence-electron chi connectivity index (χ1n) is 4.69. The molecule has 0 atom stereocenters. The van der Waals surface area contributed by atoms with E-state index in [1.54, 1.807) is 37.5 Å². The molecule has 1 heterocycles. The van der Waals surface area contributed by atoms with Gasteiger partial charge in [-0.3, -0.25) is 4.79 Å². The lowest BCUT2D eigenvalue weighted by Crippen LogP contribution is -2.17. The van der Waals surface area contributed by atoms with Crippen molar-refractivity contribution in [2.75, 3.05) is 7.05 Å². The van der Waals surface area contributed by atoms with Crippen LogP contribution in [0.2, 0.25) is 0 Å². The van der Waals surface area contributed by atoms with E-state index in [4.69, 9.17) is 4.74 Å². The van der Waals surface area contributed by atoms with Crippen LogP contribution in [-0.4, -0.2) is 17.9 Å². The molecule has 0 bridgehead atoms. The zero-order valence-electron chi connectivity index (χ0n) is 8.64. The molecule has 0 aliphatic rings. The molecular formula is C11H10N2O2S. The minimum Gasteiger partial charge on any atom is -0.431 e. The van der Waals surface area contributed by atoms with Gasteiger partial charge in [0.15, 0.2) is 0 Å². The van der Waals surface area contributed by atoms with Crippen molar-refractivity contribution in [2.45, 2.75) is 0 Å². The number of hydrogen-bond donors (Lipinski definition) is 1. The predicted molar refractivity (Wildman–Crippen MR) is 62.0 cm³/mol. The fourth-order valence-electron chi connectivity index (χ4n) is 1.21. The molecule has 1 aromatic heterocycles. The molecule has 0 aliphatic heterocycles. The summed E-state index contributed by atoms with van der Waals surface area (Å²) in [7, 11) is 1.59. The van der Waals surface area contributed by atoms with Gasteiger partial charge in [-0.05, 0) is 18.2 Å². The Morgan fingerprint density at radius 3 is 3.06 bits per heavy atom. The lowest BCUT2D eigenvalue weighted by atomic mass is 10.2. The zero-order chi connectivity index (χ0) is 11.4. The number of benzene rings is 1. The van der Waals surface area contributed by atoms with Gasteiger partial charge < -0.3 is 10.1 Å². The first-order chi connectivity index (χ1) is 7.79. The highest BCUT2D eigenvalue weighted by atomic mass is 32.1. The summed E-state index contributed by atoms with van der Waals surface area (Å²) in [6, 6.07) is 6.97. The minimum atomic E-state index is -0.135. The summed E-state index contributed by atoms with van der Waals surface area (Å²) in [5, 5.41) is 4.96. The number of amides is 1. The molecule has 2 aromatic rings. The number of hydrogen-bond acceptors (Lipinski definition) is 4. The maximum Gasteiger partial charge on any atom is 0.278 e. The second-order valence-corrected chi connectivity index (χ2v) is 3.86. The van der Waals surface area contributed by atoms with Crippen LogP contribution in [0.25, 0.3) is 0 Å². The van der Waals surface area contributed by atoms with E-state index in [-0.39, 0.29) is 5.91 Å². The lowest BCUT2D eigenvalue weighted by molar-refractivity contribution is 0.0963. The maximum atomic E-state index is 11.4. The Balaban J connectivity index is 2.19. The fraction of sp³-hybridized carbons (Fsp3) is 0.0909. The van der Waals surface area contributed by atoms with E-state index < -0.39 is 0 Å². The van der Waals surface area contributed by atoms with Crippen molar-refractivity contribution >= 4 is 17.2 Å². The average molecular weight is 234 g/mol. The average Bonchev–Trinajstić information content (AvgIpc) is 2.81. The van der Waals surface area contributed by atoms with Crippen molar-refractivity contribution < 1.29 is 9.53 Å². The Hall–Kier alpha value is -1.88. The van der Waals surface area contributed by atoms with Crippen molar-refractivity contribution in [1.82, 2.24) is 10.3 Å². The van der Waals surface area contributed by atoms with Crippen LogP contribution in [0.3, 0.4) is 0 Å². The monoisotopic (exact) mass is 234 g/mol. The number of carbonyl (C=O) groups excluding carboxylic acids is 1. The van der Waals surface area contributed by atoms with E-state index in [0.29, 0.717) is 16.5 Å². The highest BCUT2D eigenvalue weighted by Gasteiger charge is 2.05. The van der Waals surface area contributed by atoms with Crippen LogP contribution >= 0.6 is 11.3 Å². The van der Waals surface area contributed by atoms with Gasteiger partial charge in [0.2, 0.25) is 0 Å². The van der Waals surface area contributed by atoms with E-state index >= 15 is 0 Å². The molecule has 16 heavy (non-hydrogen) atoms. The molecule has 1 N–H and O–H groups in total. The van der Waals surface area contributed by atoms with Gasteiger partial charge in [-0.15, -0.1) is 0 Å². The first kappa shape index (κ1) is 10.6. The fourth-order valence-corrected chi connectivity index (χ4v) is 1.71. The Labute approximate surface area is 96.9 Å². The van der Waals surface area contributed by atoms with Crippen molar-refractivity contribution in [3.63, 3.8) is 0 Å². The summed E-state index contributed by atoms with van der Waals surface area (Å²) in [4.78, 5) is 15.4. The third-order valence-corrected chi connectivity index (χ3v) is 2.59. The number of thiazole rings is 1. The third kappa shape index (κ3) is 2.38. The number of aromatic nitrogens is 1. The molecular weight excluding hydrogens is 224 g/mol. The standard InChI is InChI=1S/C11H10N2O2S/c1-12-10(14)8-3-2-4-9(7-8)15-11-13-5-6-16-11/h2-7H,1H3,(H,12,14). The van der Waals surface area contributed by atoms with E-state index in [0.717, 1.165) is 0 Å². The van der Waals surface area contributed by atoms with Crippen LogP contribution in [0, 0.1) is 0 Å². The molecule has 0 aliphatic carbocycles. The van der Waals surface area contributed by atoms with E-state index in [2.05, 4.69) is 10.3 Å². The zero-order valence-corrected chi connectivity index (χ0v) is 9.45. The Kier molecular flexibility index (Phi) is 3.16.